The number of ether oxygens (including phenoxy) is 3. The van der Waals surface area contributed by atoms with E-state index in [1.54, 1.807) is 26.4 Å². The van der Waals surface area contributed by atoms with Crippen molar-refractivity contribution in [2.24, 2.45) is 0 Å². The molecular formula is C26H32N4O4. The van der Waals surface area contributed by atoms with Crippen molar-refractivity contribution in [2.75, 3.05) is 37.5 Å². The van der Waals surface area contributed by atoms with Gasteiger partial charge in [-0.05, 0) is 56.9 Å². The number of esters is 1. The molecule has 3 aromatic rings. The molecule has 0 saturated carbocycles. The van der Waals surface area contributed by atoms with Crippen molar-refractivity contribution in [3.63, 3.8) is 0 Å². The second-order valence-electron chi connectivity index (χ2n) is 8.65. The number of rotatable bonds is 8. The molecule has 0 atom stereocenters. The third-order valence-corrected chi connectivity index (χ3v) is 5.82. The van der Waals surface area contributed by atoms with E-state index in [1.807, 2.05) is 38.1 Å². The molecule has 1 fully saturated rings. The number of benzene rings is 2. The first-order chi connectivity index (χ1) is 16.5. The normalized spacial score (nSPS) is 13.7. The summed E-state index contributed by atoms with van der Waals surface area (Å²) in [7, 11) is 3.24. The maximum atomic E-state index is 12.1. The Morgan fingerprint density at radius 3 is 2.32 bits per heavy atom. The molecule has 2 heterocycles. The second-order valence-corrected chi connectivity index (χ2v) is 8.65. The Labute approximate surface area is 200 Å². The van der Waals surface area contributed by atoms with E-state index in [1.165, 1.54) is 6.42 Å². The van der Waals surface area contributed by atoms with Crippen LogP contribution in [0.5, 0.6) is 11.5 Å². The van der Waals surface area contributed by atoms with Crippen molar-refractivity contribution in [3.8, 4) is 11.5 Å². The van der Waals surface area contributed by atoms with Gasteiger partial charge in [0.2, 0.25) is 5.95 Å². The van der Waals surface area contributed by atoms with Crippen molar-refractivity contribution in [1.29, 1.82) is 0 Å². The summed E-state index contributed by atoms with van der Waals surface area (Å²) in [6, 6.07) is 11.2. The zero-order valence-corrected chi connectivity index (χ0v) is 20.3. The molecule has 8 nitrogen and oxygen atoms in total. The van der Waals surface area contributed by atoms with E-state index in [4.69, 9.17) is 24.2 Å². The van der Waals surface area contributed by atoms with Gasteiger partial charge in [0.05, 0.1) is 31.4 Å². The van der Waals surface area contributed by atoms with Crippen molar-refractivity contribution in [2.45, 2.75) is 45.8 Å². The van der Waals surface area contributed by atoms with Crippen LogP contribution in [-0.2, 0) is 11.3 Å². The molecule has 0 unspecified atom stereocenters. The van der Waals surface area contributed by atoms with Gasteiger partial charge in [0, 0.05) is 31.1 Å². The lowest BCUT2D eigenvalue weighted by atomic mass is 10.1. The zero-order valence-electron chi connectivity index (χ0n) is 20.3. The third kappa shape index (κ3) is 5.32. The summed E-state index contributed by atoms with van der Waals surface area (Å²) >= 11 is 0. The lowest BCUT2D eigenvalue weighted by Gasteiger charge is -2.27. The van der Waals surface area contributed by atoms with Crippen LogP contribution in [0, 0.1) is 0 Å². The summed E-state index contributed by atoms with van der Waals surface area (Å²) in [4.78, 5) is 24.1. The highest BCUT2D eigenvalue weighted by Crippen LogP contribution is 2.35. The van der Waals surface area contributed by atoms with Gasteiger partial charge in [0.1, 0.15) is 5.82 Å². The van der Waals surface area contributed by atoms with Crippen LogP contribution >= 0.6 is 0 Å². The van der Waals surface area contributed by atoms with Crippen LogP contribution in [-0.4, -0.2) is 49.4 Å². The van der Waals surface area contributed by atoms with Gasteiger partial charge in [0.15, 0.2) is 11.5 Å². The predicted molar refractivity (Wildman–Crippen MR) is 133 cm³/mol. The fourth-order valence-corrected chi connectivity index (χ4v) is 4.04. The van der Waals surface area contributed by atoms with Crippen LogP contribution in [0.25, 0.3) is 10.9 Å². The summed E-state index contributed by atoms with van der Waals surface area (Å²) in [5.41, 5.74) is 2.35. The van der Waals surface area contributed by atoms with Gasteiger partial charge in [-0.1, -0.05) is 12.1 Å². The number of aromatic nitrogens is 2. The number of hydrogen-bond acceptors (Lipinski definition) is 8. The lowest BCUT2D eigenvalue weighted by Crippen LogP contribution is -2.31. The van der Waals surface area contributed by atoms with E-state index in [0.29, 0.717) is 29.6 Å². The van der Waals surface area contributed by atoms with E-state index in [-0.39, 0.29) is 12.1 Å². The highest BCUT2D eigenvalue weighted by atomic mass is 16.5. The smallest absolute Gasteiger partial charge is 0.338 e. The quantitative estimate of drug-likeness (QED) is 0.475. The molecule has 0 aliphatic carbocycles. The number of carbonyl (C=O) groups excluding carboxylic acids is 1. The molecule has 180 valence electrons. The first kappa shape index (κ1) is 23.6. The Bertz CT molecular complexity index is 1140. The number of nitrogens with one attached hydrogen (secondary N) is 1. The highest BCUT2D eigenvalue weighted by Gasteiger charge is 2.18. The lowest BCUT2D eigenvalue weighted by molar-refractivity contribution is 0.0378. The molecule has 1 aliphatic heterocycles. The van der Waals surface area contributed by atoms with Gasteiger partial charge in [-0.25, -0.2) is 9.78 Å². The van der Waals surface area contributed by atoms with Crippen molar-refractivity contribution in [3.05, 3.63) is 47.5 Å². The number of nitrogens with zero attached hydrogens (tertiary/aromatic N) is 3. The maximum Gasteiger partial charge on any atom is 0.338 e. The van der Waals surface area contributed by atoms with E-state index in [9.17, 15) is 4.79 Å². The molecule has 0 radical (unpaired) electrons. The first-order valence-electron chi connectivity index (χ1n) is 11.7. The van der Waals surface area contributed by atoms with Crippen molar-refractivity contribution in [1.82, 2.24) is 9.97 Å². The molecule has 1 saturated heterocycles. The van der Waals surface area contributed by atoms with Gasteiger partial charge >= 0.3 is 5.97 Å². The Balaban J connectivity index is 1.62. The number of fused-ring (bicyclic) bond motifs is 1. The standard InChI is InChI=1S/C26H32N4O4/c1-17(2)34-25(31)19-10-8-18(9-11-19)16-27-24-20-14-22(32-3)23(33-4)15-21(20)28-26(29-24)30-12-6-5-7-13-30/h8-11,14-15,17H,5-7,12-13,16H2,1-4H3,(H,27,28,29). The van der Waals surface area contributed by atoms with Crippen LogP contribution in [0.2, 0.25) is 0 Å². The van der Waals surface area contributed by atoms with Gasteiger partial charge in [-0.2, -0.15) is 4.98 Å². The van der Waals surface area contributed by atoms with Gasteiger partial charge < -0.3 is 24.4 Å². The van der Waals surface area contributed by atoms with E-state index >= 15 is 0 Å². The van der Waals surface area contributed by atoms with Crippen LogP contribution in [0.15, 0.2) is 36.4 Å². The first-order valence-corrected chi connectivity index (χ1v) is 11.7. The molecule has 8 heteroatoms. The van der Waals surface area contributed by atoms with E-state index < -0.39 is 0 Å². The fraction of sp³-hybridized carbons (Fsp3) is 0.423. The van der Waals surface area contributed by atoms with Crippen LogP contribution < -0.4 is 19.7 Å². The monoisotopic (exact) mass is 464 g/mol. The Kier molecular flexibility index (Phi) is 7.35. The molecular weight excluding hydrogens is 432 g/mol. The Hall–Kier alpha value is -3.55. The molecule has 1 N–H and O–H groups in total. The Morgan fingerprint density at radius 1 is 1.00 bits per heavy atom. The molecule has 1 aliphatic rings. The second kappa shape index (κ2) is 10.6. The topological polar surface area (TPSA) is 85.8 Å². The molecule has 4 rings (SSSR count). The Morgan fingerprint density at radius 2 is 1.68 bits per heavy atom. The van der Waals surface area contributed by atoms with Crippen LogP contribution in [0.3, 0.4) is 0 Å². The molecule has 0 spiro atoms. The predicted octanol–water partition coefficient (Wildman–Crippen LogP) is 4.81. The summed E-state index contributed by atoms with van der Waals surface area (Å²) in [6.07, 6.45) is 3.37. The molecule has 34 heavy (non-hydrogen) atoms. The van der Waals surface area contributed by atoms with Crippen LogP contribution in [0.4, 0.5) is 11.8 Å². The molecule has 0 bridgehead atoms. The SMILES string of the molecule is COc1cc2nc(N3CCCCC3)nc(NCc3ccc(C(=O)OC(C)C)cc3)c2cc1OC. The average Bonchev–Trinajstić information content (AvgIpc) is 2.86. The number of piperidine rings is 1. The third-order valence-electron chi connectivity index (χ3n) is 5.82. The zero-order chi connectivity index (χ0) is 24.1. The minimum absolute atomic E-state index is 0.149. The summed E-state index contributed by atoms with van der Waals surface area (Å²) in [6.45, 7) is 6.12. The van der Waals surface area contributed by atoms with Crippen molar-refractivity contribution >= 4 is 28.6 Å². The molecule has 2 aromatic carbocycles. The number of carbonyl (C=O) groups is 1. The highest BCUT2D eigenvalue weighted by molar-refractivity contribution is 5.93. The largest absolute Gasteiger partial charge is 0.493 e. The fourth-order valence-electron chi connectivity index (χ4n) is 4.04. The maximum absolute atomic E-state index is 12.1. The minimum Gasteiger partial charge on any atom is -0.493 e. The number of hydrogen-bond donors (Lipinski definition) is 1. The number of anilines is 2. The molecule has 1 aromatic heterocycles. The number of methoxy groups -OCH3 is 2. The summed E-state index contributed by atoms with van der Waals surface area (Å²) in [5, 5.41) is 4.32. The van der Waals surface area contributed by atoms with E-state index in [2.05, 4.69) is 10.2 Å². The van der Waals surface area contributed by atoms with E-state index in [0.717, 1.165) is 48.2 Å². The summed E-state index contributed by atoms with van der Waals surface area (Å²) in [5.74, 6) is 2.39. The minimum atomic E-state index is -0.316. The molecule has 0 amide bonds. The summed E-state index contributed by atoms with van der Waals surface area (Å²) < 4.78 is 16.3. The van der Waals surface area contributed by atoms with Gasteiger partial charge in [-0.3, -0.25) is 0 Å². The average molecular weight is 465 g/mol. The van der Waals surface area contributed by atoms with Gasteiger partial charge in [-0.15, -0.1) is 0 Å². The van der Waals surface area contributed by atoms with Crippen LogP contribution in [0.1, 0.15) is 49.0 Å². The van der Waals surface area contributed by atoms with Gasteiger partial charge in [0.25, 0.3) is 0 Å². The van der Waals surface area contributed by atoms with Crippen molar-refractivity contribution < 1.29 is 19.0 Å².